The third-order valence-electron chi connectivity index (χ3n) is 3.86. The SMILES string of the molecule is Cc1cc(C)n(-c2cc(NC(=O)C3CCCC3)ncn2)n1. The molecule has 0 unspecified atom stereocenters. The highest BCUT2D eigenvalue weighted by atomic mass is 16.1. The number of nitrogens with one attached hydrogen (secondary N) is 1. The molecule has 6 nitrogen and oxygen atoms in total. The summed E-state index contributed by atoms with van der Waals surface area (Å²) in [5.41, 5.74) is 1.93. The average molecular weight is 285 g/mol. The maximum Gasteiger partial charge on any atom is 0.228 e. The zero-order valence-corrected chi connectivity index (χ0v) is 12.3. The molecule has 1 N–H and O–H groups in total. The fourth-order valence-corrected chi connectivity index (χ4v) is 2.81. The Hall–Kier alpha value is -2.24. The molecular weight excluding hydrogens is 266 g/mol. The Bertz CT molecular complexity index is 658. The predicted molar refractivity (Wildman–Crippen MR) is 79.2 cm³/mol. The Labute approximate surface area is 123 Å². The van der Waals surface area contributed by atoms with E-state index in [1.807, 2.05) is 19.9 Å². The molecule has 0 aromatic carbocycles. The lowest BCUT2D eigenvalue weighted by atomic mass is 10.1. The van der Waals surface area contributed by atoms with Gasteiger partial charge in [-0.05, 0) is 32.8 Å². The van der Waals surface area contributed by atoms with Crippen LogP contribution < -0.4 is 5.32 Å². The normalized spacial score (nSPS) is 15.3. The molecule has 2 aromatic heterocycles. The second kappa shape index (κ2) is 5.63. The first-order valence-electron chi connectivity index (χ1n) is 7.30. The van der Waals surface area contributed by atoms with Gasteiger partial charge in [-0.1, -0.05) is 12.8 Å². The van der Waals surface area contributed by atoms with Crippen LogP contribution in [-0.4, -0.2) is 25.7 Å². The lowest BCUT2D eigenvalue weighted by molar-refractivity contribution is -0.119. The number of anilines is 1. The minimum atomic E-state index is 0.0607. The molecule has 1 aliphatic rings. The minimum Gasteiger partial charge on any atom is -0.310 e. The molecule has 0 atom stereocenters. The van der Waals surface area contributed by atoms with Gasteiger partial charge in [-0.15, -0.1) is 0 Å². The van der Waals surface area contributed by atoms with E-state index in [1.54, 1.807) is 10.7 Å². The number of hydrogen-bond donors (Lipinski definition) is 1. The number of aromatic nitrogens is 4. The van der Waals surface area contributed by atoms with E-state index in [-0.39, 0.29) is 11.8 Å². The van der Waals surface area contributed by atoms with Gasteiger partial charge in [-0.2, -0.15) is 5.10 Å². The molecule has 0 radical (unpaired) electrons. The number of nitrogens with zero attached hydrogens (tertiary/aromatic N) is 4. The van der Waals surface area contributed by atoms with E-state index in [0.29, 0.717) is 11.6 Å². The monoisotopic (exact) mass is 285 g/mol. The van der Waals surface area contributed by atoms with Crippen LogP contribution >= 0.6 is 0 Å². The van der Waals surface area contributed by atoms with Crippen LogP contribution in [0.1, 0.15) is 37.1 Å². The van der Waals surface area contributed by atoms with Crippen molar-refractivity contribution in [3.8, 4) is 5.82 Å². The Morgan fingerprint density at radius 3 is 2.67 bits per heavy atom. The number of hydrogen-bond acceptors (Lipinski definition) is 4. The largest absolute Gasteiger partial charge is 0.310 e. The molecule has 1 saturated carbocycles. The summed E-state index contributed by atoms with van der Waals surface area (Å²) < 4.78 is 1.75. The number of rotatable bonds is 3. The quantitative estimate of drug-likeness (QED) is 0.940. The van der Waals surface area contributed by atoms with Crippen molar-refractivity contribution in [2.24, 2.45) is 5.92 Å². The molecule has 21 heavy (non-hydrogen) atoms. The maximum absolute atomic E-state index is 12.1. The molecule has 2 aromatic rings. The predicted octanol–water partition coefficient (Wildman–Crippen LogP) is 2.41. The van der Waals surface area contributed by atoms with E-state index in [2.05, 4.69) is 20.4 Å². The molecule has 2 heterocycles. The first-order valence-corrected chi connectivity index (χ1v) is 7.30. The van der Waals surface area contributed by atoms with E-state index in [1.165, 1.54) is 6.33 Å². The zero-order chi connectivity index (χ0) is 14.8. The van der Waals surface area contributed by atoms with Crippen LogP contribution in [0.4, 0.5) is 5.82 Å². The third kappa shape index (κ3) is 2.94. The van der Waals surface area contributed by atoms with Crippen molar-refractivity contribution in [1.82, 2.24) is 19.7 Å². The summed E-state index contributed by atoms with van der Waals surface area (Å²) in [6, 6.07) is 3.74. The molecular formula is C15H19N5O. The topological polar surface area (TPSA) is 72.7 Å². The van der Waals surface area contributed by atoms with Gasteiger partial charge in [0.1, 0.15) is 12.1 Å². The summed E-state index contributed by atoms with van der Waals surface area (Å²) in [4.78, 5) is 20.5. The van der Waals surface area contributed by atoms with Crippen molar-refractivity contribution in [2.45, 2.75) is 39.5 Å². The van der Waals surface area contributed by atoms with Crippen LogP contribution in [0.3, 0.4) is 0 Å². The lowest BCUT2D eigenvalue weighted by Gasteiger charge is -2.10. The molecule has 110 valence electrons. The number of carbonyl (C=O) groups is 1. The molecule has 0 spiro atoms. The van der Waals surface area contributed by atoms with Crippen molar-refractivity contribution in [3.63, 3.8) is 0 Å². The number of carbonyl (C=O) groups excluding carboxylic acids is 1. The fraction of sp³-hybridized carbons (Fsp3) is 0.467. The summed E-state index contributed by atoms with van der Waals surface area (Å²) in [6.07, 6.45) is 5.68. The van der Waals surface area contributed by atoms with Gasteiger partial charge in [0, 0.05) is 17.7 Å². The Kier molecular flexibility index (Phi) is 3.68. The van der Waals surface area contributed by atoms with Crippen LogP contribution in [0, 0.1) is 19.8 Å². The zero-order valence-electron chi connectivity index (χ0n) is 12.3. The summed E-state index contributed by atoms with van der Waals surface area (Å²) in [5.74, 6) is 1.38. The van der Waals surface area contributed by atoms with Gasteiger partial charge in [0.05, 0.1) is 5.69 Å². The molecule has 0 saturated heterocycles. The number of amides is 1. The van der Waals surface area contributed by atoms with Gasteiger partial charge in [-0.25, -0.2) is 14.6 Å². The van der Waals surface area contributed by atoms with Crippen molar-refractivity contribution < 1.29 is 4.79 Å². The molecule has 0 aliphatic heterocycles. The lowest BCUT2D eigenvalue weighted by Crippen LogP contribution is -2.21. The Morgan fingerprint density at radius 2 is 2.00 bits per heavy atom. The van der Waals surface area contributed by atoms with Crippen LogP contribution in [0.25, 0.3) is 5.82 Å². The second-order valence-corrected chi connectivity index (χ2v) is 5.57. The average Bonchev–Trinajstić information content (AvgIpc) is 3.08. The van der Waals surface area contributed by atoms with Gasteiger partial charge in [0.15, 0.2) is 5.82 Å². The van der Waals surface area contributed by atoms with Gasteiger partial charge in [0.2, 0.25) is 5.91 Å². The van der Waals surface area contributed by atoms with Gasteiger partial charge >= 0.3 is 0 Å². The van der Waals surface area contributed by atoms with E-state index >= 15 is 0 Å². The molecule has 1 amide bonds. The van der Waals surface area contributed by atoms with Gasteiger partial charge < -0.3 is 5.32 Å². The van der Waals surface area contributed by atoms with Crippen LogP contribution in [0.15, 0.2) is 18.5 Å². The molecule has 1 aliphatic carbocycles. The minimum absolute atomic E-state index is 0.0607. The van der Waals surface area contributed by atoms with E-state index < -0.39 is 0 Å². The van der Waals surface area contributed by atoms with Crippen molar-refractivity contribution in [3.05, 3.63) is 29.8 Å². The van der Waals surface area contributed by atoms with Gasteiger partial charge in [-0.3, -0.25) is 4.79 Å². The summed E-state index contributed by atoms with van der Waals surface area (Å²) >= 11 is 0. The summed E-state index contributed by atoms with van der Waals surface area (Å²) in [5, 5.41) is 7.28. The highest BCUT2D eigenvalue weighted by Gasteiger charge is 2.23. The van der Waals surface area contributed by atoms with E-state index in [4.69, 9.17) is 0 Å². The smallest absolute Gasteiger partial charge is 0.228 e. The van der Waals surface area contributed by atoms with Crippen molar-refractivity contribution in [2.75, 3.05) is 5.32 Å². The standard InChI is InChI=1S/C15H19N5O/c1-10-7-11(2)20(19-10)14-8-13(16-9-17-14)18-15(21)12-5-3-4-6-12/h7-9,12H,3-6H2,1-2H3,(H,16,17,18,21). The van der Waals surface area contributed by atoms with E-state index in [9.17, 15) is 4.79 Å². The highest BCUT2D eigenvalue weighted by molar-refractivity contribution is 5.91. The third-order valence-corrected chi connectivity index (χ3v) is 3.86. The second-order valence-electron chi connectivity index (χ2n) is 5.57. The number of aryl methyl sites for hydroxylation is 2. The Morgan fingerprint density at radius 1 is 1.24 bits per heavy atom. The summed E-state index contributed by atoms with van der Waals surface area (Å²) in [6.45, 7) is 3.91. The first kappa shape index (κ1) is 13.7. The van der Waals surface area contributed by atoms with Crippen molar-refractivity contribution in [1.29, 1.82) is 0 Å². The maximum atomic E-state index is 12.1. The van der Waals surface area contributed by atoms with Gasteiger partial charge in [0.25, 0.3) is 0 Å². The molecule has 6 heteroatoms. The molecule has 1 fully saturated rings. The van der Waals surface area contributed by atoms with Crippen molar-refractivity contribution >= 4 is 11.7 Å². The van der Waals surface area contributed by atoms with Crippen LogP contribution in [0.5, 0.6) is 0 Å². The molecule has 3 rings (SSSR count). The van der Waals surface area contributed by atoms with E-state index in [0.717, 1.165) is 37.1 Å². The molecule has 0 bridgehead atoms. The highest BCUT2D eigenvalue weighted by Crippen LogP contribution is 2.25. The summed E-state index contributed by atoms with van der Waals surface area (Å²) in [7, 11) is 0. The first-order chi connectivity index (χ1) is 10.1. The van der Waals surface area contributed by atoms with Crippen LogP contribution in [-0.2, 0) is 4.79 Å². The fourth-order valence-electron chi connectivity index (χ4n) is 2.81. The van der Waals surface area contributed by atoms with Crippen LogP contribution in [0.2, 0.25) is 0 Å². The Balaban J connectivity index is 1.80.